The number of pyridine rings is 1. The van der Waals surface area contributed by atoms with Crippen LogP contribution in [0.25, 0.3) is 17.0 Å². The van der Waals surface area contributed by atoms with Gasteiger partial charge in [0.1, 0.15) is 12.3 Å². The molecule has 200 valence electrons. The molecule has 1 saturated heterocycles. The van der Waals surface area contributed by atoms with Crippen molar-refractivity contribution in [1.82, 2.24) is 14.8 Å². The molecule has 9 heteroatoms. The van der Waals surface area contributed by atoms with Gasteiger partial charge in [0.25, 0.3) is 5.56 Å². The highest BCUT2D eigenvalue weighted by atomic mass is 16.6. The van der Waals surface area contributed by atoms with Crippen LogP contribution in [0.1, 0.15) is 52.0 Å². The van der Waals surface area contributed by atoms with Gasteiger partial charge in [0, 0.05) is 24.1 Å². The van der Waals surface area contributed by atoms with E-state index >= 15 is 0 Å². The normalized spacial score (nSPS) is 14.8. The van der Waals surface area contributed by atoms with Crippen molar-refractivity contribution < 1.29 is 14.4 Å². The van der Waals surface area contributed by atoms with Crippen LogP contribution in [-0.2, 0) is 16.2 Å². The quantitative estimate of drug-likeness (QED) is 0.304. The number of amides is 1. The molecule has 1 aliphatic heterocycles. The van der Waals surface area contributed by atoms with E-state index in [0.29, 0.717) is 23.8 Å². The number of aliphatic imine (C=N–C) groups is 1. The van der Waals surface area contributed by atoms with Crippen molar-refractivity contribution in [2.24, 2.45) is 10.9 Å². The third kappa shape index (κ3) is 8.03. The van der Waals surface area contributed by atoms with Gasteiger partial charge in [-0.2, -0.15) is 5.90 Å². The molecule has 0 atom stereocenters. The number of piperidine rings is 1. The van der Waals surface area contributed by atoms with Gasteiger partial charge in [-0.1, -0.05) is 25.1 Å². The number of carbonyl (C=O) groups is 1. The maximum Gasteiger partial charge on any atom is 0.260 e. The maximum atomic E-state index is 13.7. The molecule has 37 heavy (non-hydrogen) atoms. The van der Waals surface area contributed by atoms with E-state index in [9.17, 15) is 9.59 Å². The number of ether oxygens (including phenoxy) is 1. The third-order valence-corrected chi connectivity index (χ3v) is 6.15. The Balaban J connectivity index is 1.94. The SMILES string of the molecule is C=C(/N=C(/CCN1CCCCC1)ON)c1ccc(-c2cccc(OC)c2)n(CC(=O)NC(C)(C)C)c1=O. The smallest absolute Gasteiger partial charge is 0.260 e. The second-order valence-corrected chi connectivity index (χ2v) is 10.3. The second kappa shape index (κ2) is 12.7. The predicted molar refractivity (Wildman–Crippen MR) is 147 cm³/mol. The molecule has 0 radical (unpaired) electrons. The highest BCUT2D eigenvalue weighted by Crippen LogP contribution is 2.24. The van der Waals surface area contributed by atoms with Gasteiger partial charge in [0.05, 0.1) is 24.1 Å². The summed E-state index contributed by atoms with van der Waals surface area (Å²) < 4.78 is 6.78. The van der Waals surface area contributed by atoms with Gasteiger partial charge in [-0.05, 0) is 71.0 Å². The van der Waals surface area contributed by atoms with Crippen molar-refractivity contribution in [2.75, 3.05) is 26.7 Å². The van der Waals surface area contributed by atoms with Crippen LogP contribution in [0.5, 0.6) is 5.75 Å². The molecule has 0 spiro atoms. The average molecular weight is 510 g/mol. The molecule has 0 unspecified atom stereocenters. The molecular formula is C28H39N5O4. The molecule has 2 aromatic rings. The van der Waals surface area contributed by atoms with Crippen LogP contribution < -0.4 is 21.5 Å². The van der Waals surface area contributed by atoms with Crippen molar-refractivity contribution in [1.29, 1.82) is 0 Å². The number of hydrogen-bond acceptors (Lipinski definition) is 7. The Labute approximate surface area is 218 Å². The highest BCUT2D eigenvalue weighted by Gasteiger charge is 2.19. The lowest BCUT2D eigenvalue weighted by Crippen LogP contribution is -2.43. The summed E-state index contributed by atoms with van der Waals surface area (Å²) >= 11 is 0. The Kier molecular flexibility index (Phi) is 9.66. The fourth-order valence-electron chi connectivity index (χ4n) is 4.38. The van der Waals surface area contributed by atoms with E-state index in [4.69, 9.17) is 15.5 Å². The molecular weight excluding hydrogens is 470 g/mol. The van der Waals surface area contributed by atoms with Crippen LogP contribution in [0.2, 0.25) is 0 Å². The number of nitrogens with one attached hydrogen (secondary N) is 1. The van der Waals surface area contributed by atoms with Gasteiger partial charge >= 0.3 is 0 Å². The van der Waals surface area contributed by atoms with E-state index in [1.807, 2.05) is 45.0 Å². The van der Waals surface area contributed by atoms with Gasteiger partial charge in [-0.15, -0.1) is 0 Å². The first kappa shape index (κ1) is 28.1. The number of methoxy groups -OCH3 is 1. The summed E-state index contributed by atoms with van der Waals surface area (Å²) in [5.74, 6) is 6.17. The second-order valence-electron chi connectivity index (χ2n) is 10.3. The Morgan fingerprint density at radius 2 is 1.89 bits per heavy atom. The van der Waals surface area contributed by atoms with Crippen LogP contribution >= 0.6 is 0 Å². The van der Waals surface area contributed by atoms with Gasteiger partial charge in [0.15, 0.2) is 0 Å². The molecule has 1 aromatic carbocycles. The summed E-state index contributed by atoms with van der Waals surface area (Å²) in [5, 5.41) is 2.92. The van der Waals surface area contributed by atoms with Crippen molar-refractivity contribution >= 4 is 17.5 Å². The summed E-state index contributed by atoms with van der Waals surface area (Å²) in [5.41, 5.74) is 0.992. The number of nitrogens with two attached hydrogens (primary N) is 1. The molecule has 1 aromatic heterocycles. The number of nitrogens with zero attached hydrogens (tertiary/aromatic N) is 3. The van der Waals surface area contributed by atoms with Crippen molar-refractivity contribution in [2.45, 2.75) is 58.5 Å². The lowest BCUT2D eigenvalue weighted by atomic mass is 10.1. The van der Waals surface area contributed by atoms with Gasteiger partial charge in [0.2, 0.25) is 11.8 Å². The Bertz CT molecular complexity index is 1190. The summed E-state index contributed by atoms with van der Waals surface area (Å²) in [7, 11) is 1.58. The van der Waals surface area contributed by atoms with E-state index in [1.165, 1.54) is 23.8 Å². The number of benzene rings is 1. The van der Waals surface area contributed by atoms with E-state index in [0.717, 1.165) is 25.2 Å². The van der Waals surface area contributed by atoms with Gasteiger partial charge in [-0.25, -0.2) is 4.99 Å². The Morgan fingerprint density at radius 1 is 1.16 bits per heavy atom. The standard InChI is InChI=1S/C28H39N5O4/c1-20(30-26(37-29)14-17-32-15-7-6-8-16-32)23-12-13-24(21-10-9-11-22(18-21)36-5)33(27(23)35)19-25(34)31-28(2,3)4/h9-13,18H,1,6-8,14-17,19,29H2,2-5H3,(H,31,34)/b30-26-. The number of aromatic nitrogens is 1. The zero-order chi connectivity index (χ0) is 27.0. The van der Waals surface area contributed by atoms with Crippen LogP contribution in [0, 0.1) is 0 Å². The van der Waals surface area contributed by atoms with Crippen LogP contribution in [0.4, 0.5) is 0 Å². The Hall–Kier alpha value is -3.43. The summed E-state index contributed by atoms with van der Waals surface area (Å²) in [6, 6.07) is 10.8. The molecule has 1 amide bonds. The van der Waals surface area contributed by atoms with E-state index < -0.39 is 5.54 Å². The fourth-order valence-corrected chi connectivity index (χ4v) is 4.38. The molecule has 1 aliphatic rings. The molecule has 3 rings (SSSR count). The van der Waals surface area contributed by atoms with Crippen molar-refractivity contribution in [3.8, 4) is 17.0 Å². The lowest BCUT2D eigenvalue weighted by molar-refractivity contribution is -0.123. The van der Waals surface area contributed by atoms with E-state index in [-0.39, 0.29) is 29.3 Å². The predicted octanol–water partition coefficient (Wildman–Crippen LogP) is 3.57. The van der Waals surface area contributed by atoms with Gasteiger partial charge in [-0.3, -0.25) is 14.2 Å². The number of likely N-dealkylation sites (tertiary alicyclic amines) is 1. The molecule has 1 fully saturated rings. The number of rotatable bonds is 9. The van der Waals surface area contributed by atoms with Crippen molar-refractivity contribution in [3.63, 3.8) is 0 Å². The molecule has 0 saturated carbocycles. The topological polar surface area (TPSA) is 111 Å². The maximum absolute atomic E-state index is 13.7. The zero-order valence-corrected chi connectivity index (χ0v) is 22.4. The summed E-state index contributed by atoms with van der Waals surface area (Å²) in [6.07, 6.45) is 4.14. The largest absolute Gasteiger partial charge is 0.497 e. The minimum Gasteiger partial charge on any atom is -0.497 e. The number of hydrogen-bond donors (Lipinski definition) is 2. The molecule has 2 heterocycles. The van der Waals surface area contributed by atoms with Crippen LogP contribution in [-0.4, -0.2) is 53.6 Å². The summed E-state index contributed by atoms with van der Waals surface area (Å²) in [6.45, 7) is 12.4. The molecule has 9 nitrogen and oxygen atoms in total. The van der Waals surface area contributed by atoms with E-state index in [1.54, 1.807) is 19.2 Å². The third-order valence-electron chi connectivity index (χ3n) is 6.15. The monoisotopic (exact) mass is 509 g/mol. The average Bonchev–Trinajstić information content (AvgIpc) is 2.87. The lowest BCUT2D eigenvalue weighted by Gasteiger charge is -2.26. The first-order valence-corrected chi connectivity index (χ1v) is 12.7. The summed E-state index contributed by atoms with van der Waals surface area (Å²) in [4.78, 5) is 38.3. The van der Waals surface area contributed by atoms with Crippen molar-refractivity contribution in [3.05, 3.63) is 58.9 Å². The first-order valence-electron chi connectivity index (χ1n) is 12.7. The minimum absolute atomic E-state index is 0.164. The number of carbonyl (C=O) groups excluding carboxylic acids is 1. The highest BCUT2D eigenvalue weighted by molar-refractivity contribution is 5.83. The first-order chi connectivity index (χ1) is 17.6. The molecule has 0 aliphatic carbocycles. The van der Waals surface area contributed by atoms with Crippen LogP contribution in [0.3, 0.4) is 0 Å². The minimum atomic E-state index is -0.440. The van der Waals surface area contributed by atoms with E-state index in [2.05, 4.69) is 21.8 Å². The Morgan fingerprint density at radius 3 is 2.54 bits per heavy atom. The van der Waals surface area contributed by atoms with Crippen LogP contribution in [0.15, 0.2) is 52.8 Å². The molecule has 3 N–H and O–H groups in total. The fraction of sp³-hybridized carbons (Fsp3) is 0.464. The molecule has 0 bridgehead atoms. The van der Waals surface area contributed by atoms with Gasteiger partial charge < -0.3 is 19.8 Å². The zero-order valence-electron chi connectivity index (χ0n) is 22.4.